The van der Waals surface area contributed by atoms with Crippen molar-refractivity contribution in [3.63, 3.8) is 0 Å². The van der Waals surface area contributed by atoms with Gasteiger partial charge in [-0.25, -0.2) is 4.98 Å². The second kappa shape index (κ2) is 5.21. The predicted molar refractivity (Wildman–Crippen MR) is 73.4 cm³/mol. The number of aromatic nitrogens is 1. The smallest absolute Gasteiger partial charge is 0.129 e. The normalized spacial score (nSPS) is 10.6. The highest BCUT2D eigenvalue weighted by Crippen LogP contribution is 2.19. The number of benzene rings is 1. The van der Waals surface area contributed by atoms with Crippen LogP contribution in [0, 0.1) is 6.92 Å². The highest BCUT2D eigenvalue weighted by molar-refractivity contribution is 7.98. The Balaban J connectivity index is 2.27. The summed E-state index contributed by atoms with van der Waals surface area (Å²) >= 11 is 1.84. The molecule has 2 rings (SSSR count). The molecule has 1 aromatic carbocycles. The molecule has 0 aliphatic heterocycles. The molecule has 0 aliphatic rings. The number of rotatable bonds is 4. The number of nitrogens with one attached hydrogen (secondary N) is 1. The molecule has 0 atom stereocenters. The van der Waals surface area contributed by atoms with Crippen molar-refractivity contribution < 1.29 is 0 Å². The molecule has 0 unspecified atom stereocenters. The Labute approximate surface area is 100 Å². The summed E-state index contributed by atoms with van der Waals surface area (Å²) in [6, 6.07) is 10.4. The average Bonchev–Trinajstić information content (AvgIpc) is 2.30. The third kappa shape index (κ3) is 2.47. The van der Waals surface area contributed by atoms with E-state index in [2.05, 4.69) is 41.7 Å². The van der Waals surface area contributed by atoms with Crippen molar-refractivity contribution in [3.05, 3.63) is 35.9 Å². The SMILES string of the molecule is CSCCNc1nc2ccccc2cc1C. The Morgan fingerprint density at radius 2 is 2.12 bits per heavy atom. The number of nitrogens with zero attached hydrogens (tertiary/aromatic N) is 1. The zero-order chi connectivity index (χ0) is 11.4. The third-order valence-electron chi connectivity index (χ3n) is 2.51. The van der Waals surface area contributed by atoms with E-state index in [0.717, 1.165) is 23.6 Å². The van der Waals surface area contributed by atoms with Gasteiger partial charge in [-0.05, 0) is 30.9 Å². The van der Waals surface area contributed by atoms with Gasteiger partial charge in [0.25, 0.3) is 0 Å². The van der Waals surface area contributed by atoms with Gasteiger partial charge in [0.05, 0.1) is 5.52 Å². The number of thioether (sulfide) groups is 1. The Kier molecular flexibility index (Phi) is 3.67. The first-order valence-corrected chi connectivity index (χ1v) is 6.80. The van der Waals surface area contributed by atoms with Gasteiger partial charge in [-0.2, -0.15) is 11.8 Å². The van der Waals surface area contributed by atoms with Crippen LogP contribution in [0.2, 0.25) is 0 Å². The summed E-state index contributed by atoms with van der Waals surface area (Å²) in [5.74, 6) is 2.11. The van der Waals surface area contributed by atoms with E-state index in [1.165, 1.54) is 10.9 Å². The van der Waals surface area contributed by atoms with Crippen LogP contribution in [0.25, 0.3) is 10.9 Å². The molecule has 0 aliphatic carbocycles. The number of hydrogen-bond acceptors (Lipinski definition) is 3. The molecule has 2 aromatic rings. The topological polar surface area (TPSA) is 24.9 Å². The largest absolute Gasteiger partial charge is 0.369 e. The van der Waals surface area contributed by atoms with Crippen LogP contribution < -0.4 is 5.32 Å². The van der Waals surface area contributed by atoms with Gasteiger partial charge in [0.15, 0.2) is 0 Å². The summed E-state index contributed by atoms with van der Waals surface area (Å²) in [5.41, 5.74) is 2.26. The first-order chi connectivity index (χ1) is 7.81. The summed E-state index contributed by atoms with van der Waals surface area (Å²) in [6.45, 7) is 3.06. The standard InChI is InChI=1S/C13H16N2S/c1-10-9-11-5-3-4-6-12(11)15-13(10)14-7-8-16-2/h3-6,9H,7-8H2,1-2H3,(H,14,15). The van der Waals surface area contributed by atoms with Gasteiger partial charge in [-0.1, -0.05) is 18.2 Å². The maximum atomic E-state index is 4.63. The fourth-order valence-electron chi connectivity index (χ4n) is 1.67. The molecule has 0 saturated heterocycles. The number of fused-ring (bicyclic) bond motifs is 1. The minimum atomic E-state index is 0.966. The van der Waals surface area contributed by atoms with Gasteiger partial charge in [0.1, 0.15) is 5.82 Å². The molecule has 0 saturated carbocycles. The highest BCUT2D eigenvalue weighted by Gasteiger charge is 2.01. The van der Waals surface area contributed by atoms with Gasteiger partial charge in [0.2, 0.25) is 0 Å². The lowest BCUT2D eigenvalue weighted by molar-refractivity contribution is 1.17. The molecule has 1 heterocycles. The van der Waals surface area contributed by atoms with Crippen LogP contribution in [-0.2, 0) is 0 Å². The fourth-order valence-corrected chi connectivity index (χ4v) is 1.98. The van der Waals surface area contributed by atoms with Gasteiger partial charge >= 0.3 is 0 Å². The van der Waals surface area contributed by atoms with E-state index in [1.54, 1.807) is 0 Å². The molecule has 84 valence electrons. The van der Waals surface area contributed by atoms with E-state index in [9.17, 15) is 0 Å². The van der Waals surface area contributed by atoms with E-state index in [-0.39, 0.29) is 0 Å². The lowest BCUT2D eigenvalue weighted by atomic mass is 10.1. The van der Waals surface area contributed by atoms with Gasteiger partial charge in [-0.3, -0.25) is 0 Å². The van der Waals surface area contributed by atoms with E-state index >= 15 is 0 Å². The number of para-hydroxylation sites is 1. The maximum absolute atomic E-state index is 4.63. The summed E-state index contributed by atoms with van der Waals surface area (Å²) < 4.78 is 0. The Hall–Kier alpha value is -1.22. The Bertz CT molecular complexity index is 482. The second-order valence-corrected chi connectivity index (χ2v) is 4.75. The van der Waals surface area contributed by atoms with Crippen molar-refractivity contribution in [2.75, 3.05) is 23.9 Å². The van der Waals surface area contributed by atoms with Crippen LogP contribution in [0.1, 0.15) is 5.56 Å². The number of pyridine rings is 1. The van der Waals surface area contributed by atoms with Crippen LogP contribution in [0.3, 0.4) is 0 Å². The van der Waals surface area contributed by atoms with E-state index in [1.807, 2.05) is 23.9 Å². The van der Waals surface area contributed by atoms with E-state index in [4.69, 9.17) is 0 Å². The molecule has 0 radical (unpaired) electrons. The fraction of sp³-hybridized carbons (Fsp3) is 0.308. The first kappa shape index (κ1) is 11.3. The molecule has 16 heavy (non-hydrogen) atoms. The van der Waals surface area contributed by atoms with Crippen molar-refractivity contribution in [1.82, 2.24) is 4.98 Å². The lowest BCUT2D eigenvalue weighted by Crippen LogP contribution is -2.06. The molecular formula is C13H16N2S. The summed E-state index contributed by atoms with van der Waals surface area (Å²) in [5, 5.41) is 4.58. The molecule has 3 heteroatoms. The predicted octanol–water partition coefficient (Wildman–Crippen LogP) is 3.32. The molecular weight excluding hydrogens is 216 g/mol. The molecule has 1 aromatic heterocycles. The highest BCUT2D eigenvalue weighted by atomic mass is 32.2. The minimum absolute atomic E-state index is 0.966. The minimum Gasteiger partial charge on any atom is -0.369 e. The Morgan fingerprint density at radius 3 is 2.94 bits per heavy atom. The molecule has 0 amide bonds. The summed E-state index contributed by atoms with van der Waals surface area (Å²) in [7, 11) is 0. The summed E-state index contributed by atoms with van der Waals surface area (Å²) in [6.07, 6.45) is 2.11. The van der Waals surface area contributed by atoms with Crippen LogP contribution in [-0.4, -0.2) is 23.5 Å². The zero-order valence-corrected chi connectivity index (χ0v) is 10.5. The van der Waals surface area contributed by atoms with Gasteiger partial charge in [0, 0.05) is 17.7 Å². The van der Waals surface area contributed by atoms with Crippen LogP contribution in [0.5, 0.6) is 0 Å². The number of hydrogen-bond donors (Lipinski definition) is 1. The van der Waals surface area contributed by atoms with Crippen LogP contribution in [0.4, 0.5) is 5.82 Å². The quantitative estimate of drug-likeness (QED) is 0.819. The van der Waals surface area contributed by atoms with Crippen molar-refractivity contribution in [2.24, 2.45) is 0 Å². The second-order valence-electron chi connectivity index (χ2n) is 3.77. The van der Waals surface area contributed by atoms with E-state index < -0.39 is 0 Å². The zero-order valence-electron chi connectivity index (χ0n) is 9.66. The molecule has 2 nitrogen and oxygen atoms in total. The van der Waals surface area contributed by atoms with Crippen molar-refractivity contribution in [2.45, 2.75) is 6.92 Å². The molecule has 0 bridgehead atoms. The van der Waals surface area contributed by atoms with Gasteiger partial charge < -0.3 is 5.32 Å². The van der Waals surface area contributed by atoms with Crippen molar-refractivity contribution >= 4 is 28.5 Å². The Morgan fingerprint density at radius 1 is 1.31 bits per heavy atom. The van der Waals surface area contributed by atoms with Crippen LogP contribution in [0.15, 0.2) is 30.3 Å². The monoisotopic (exact) mass is 232 g/mol. The molecule has 0 spiro atoms. The van der Waals surface area contributed by atoms with Crippen molar-refractivity contribution in [3.8, 4) is 0 Å². The van der Waals surface area contributed by atoms with Crippen molar-refractivity contribution in [1.29, 1.82) is 0 Å². The third-order valence-corrected chi connectivity index (χ3v) is 3.13. The maximum Gasteiger partial charge on any atom is 0.129 e. The summed E-state index contributed by atoms with van der Waals surface area (Å²) in [4.78, 5) is 4.63. The van der Waals surface area contributed by atoms with Crippen LogP contribution >= 0.6 is 11.8 Å². The van der Waals surface area contributed by atoms with E-state index in [0.29, 0.717) is 0 Å². The first-order valence-electron chi connectivity index (χ1n) is 5.40. The molecule has 1 N–H and O–H groups in total. The lowest BCUT2D eigenvalue weighted by Gasteiger charge is -2.09. The number of anilines is 1. The van der Waals surface area contributed by atoms with Gasteiger partial charge in [-0.15, -0.1) is 0 Å². The average molecular weight is 232 g/mol. The molecule has 0 fully saturated rings. The number of aryl methyl sites for hydroxylation is 1.